The molecular weight excluding hydrogens is 407 g/mol. The fourth-order valence-electron chi connectivity index (χ4n) is 2.16. The second-order valence-corrected chi connectivity index (χ2v) is 5.85. The molecule has 0 spiro atoms. The molecule has 7 heteroatoms. The third-order valence-electron chi connectivity index (χ3n) is 3.87. The maximum atomic E-state index is 5.45. The van der Waals surface area contributed by atoms with E-state index < -0.39 is 0 Å². The molecule has 1 aliphatic rings. The van der Waals surface area contributed by atoms with Gasteiger partial charge in [-0.1, -0.05) is 0 Å². The molecule has 0 bridgehead atoms. The molecule has 0 radical (unpaired) electrons. The second-order valence-electron chi connectivity index (χ2n) is 5.85. The molecular formula is C16H35IN4O2. The molecule has 0 aromatic rings. The van der Waals surface area contributed by atoms with Crippen molar-refractivity contribution in [1.82, 2.24) is 15.5 Å². The first-order valence-electron chi connectivity index (χ1n) is 8.49. The van der Waals surface area contributed by atoms with E-state index in [4.69, 9.17) is 9.47 Å². The molecule has 0 amide bonds. The van der Waals surface area contributed by atoms with E-state index in [1.54, 1.807) is 7.11 Å². The molecule has 2 N–H and O–H groups in total. The summed E-state index contributed by atoms with van der Waals surface area (Å²) < 4.78 is 10.4. The highest BCUT2D eigenvalue weighted by atomic mass is 127. The normalized spacial score (nSPS) is 16.1. The average Bonchev–Trinajstić information content (AvgIpc) is 3.35. The van der Waals surface area contributed by atoms with Crippen molar-refractivity contribution in [3.8, 4) is 0 Å². The highest BCUT2D eigenvalue weighted by Crippen LogP contribution is 2.26. The number of guanidine groups is 1. The van der Waals surface area contributed by atoms with E-state index in [-0.39, 0.29) is 24.0 Å². The zero-order valence-electron chi connectivity index (χ0n) is 15.1. The minimum absolute atomic E-state index is 0. The van der Waals surface area contributed by atoms with Crippen LogP contribution in [0, 0.1) is 0 Å². The van der Waals surface area contributed by atoms with E-state index in [2.05, 4.69) is 41.4 Å². The summed E-state index contributed by atoms with van der Waals surface area (Å²) in [6.45, 7) is 8.97. The van der Waals surface area contributed by atoms with Gasteiger partial charge in [-0.05, 0) is 40.2 Å². The fraction of sp³-hybridized carbons (Fsp3) is 0.938. The first-order chi connectivity index (χ1) is 10.7. The van der Waals surface area contributed by atoms with Crippen LogP contribution in [0.5, 0.6) is 0 Å². The molecule has 0 aliphatic heterocycles. The maximum Gasteiger partial charge on any atom is 0.191 e. The molecule has 1 fully saturated rings. The zero-order valence-corrected chi connectivity index (χ0v) is 17.5. The zero-order chi connectivity index (χ0) is 16.2. The Morgan fingerprint density at radius 2 is 2.00 bits per heavy atom. The van der Waals surface area contributed by atoms with Crippen molar-refractivity contribution in [2.45, 2.75) is 45.2 Å². The summed E-state index contributed by atoms with van der Waals surface area (Å²) in [5.41, 5.74) is 0. The lowest BCUT2D eigenvalue weighted by atomic mass is 10.3. The van der Waals surface area contributed by atoms with Crippen LogP contribution in [0.4, 0.5) is 0 Å². The molecule has 1 unspecified atom stereocenters. The quantitative estimate of drug-likeness (QED) is 0.209. The second kappa shape index (κ2) is 14.2. The molecule has 6 nitrogen and oxygen atoms in total. The number of likely N-dealkylation sites (N-methyl/N-ethyl adjacent to an activating group) is 1. The smallest absolute Gasteiger partial charge is 0.191 e. The Morgan fingerprint density at radius 3 is 2.61 bits per heavy atom. The van der Waals surface area contributed by atoms with E-state index in [1.807, 2.05) is 0 Å². The summed E-state index contributed by atoms with van der Waals surface area (Å²) >= 11 is 0. The van der Waals surface area contributed by atoms with Crippen molar-refractivity contribution in [2.24, 2.45) is 4.99 Å². The van der Waals surface area contributed by atoms with Crippen molar-refractivity contribution < 1.29 is 9.47 Å². The molecule has 1 aliphatic carbocycles. The van der Waals surface area contributed by atoms with Gasteiger partial charge in [-0.25, -0.2) is 0 Å². The van der Waals surface area contributed by atoms with Crippen LogP contribution in [0.3, 0.4) is 0 Å². The number of aliphatic imine (C=N–C) groups is 1. The van der Waals surface area contributed by atoms with Crippen molar-refractivity contribution in [3.05, 3.63) is 0 Å². The first-order valence-corrected chi connectivity index (χ1v) is 8.49. The largest absolute Gasteiger partial charge is 0.382 e. The number of halogens is 1. The van der Waals surface area contributed by atoms with Gasteiger partial charge in [0.1, 0.15) is 0 Å². The summed E-state index contributed by atoms with van der Waals surface area (Å²) in [6.07, 6.45) is 3.64. The van der Waals surface area contributed by atoms with Gasteiger partial charge in [0.2, 0.25) is 0 Å². The van der Waals surface area contributed by atoms with Crippen molar-refractivity contribution >= 4 is 29.9 Å². The van der Waals surface area contributed by atoms with Crippen molar-refractivity contribution in [1.29, 1.82) is 0 Å². The topological polar surface area (TPSA) is 58.1 Å². The van der Waals surface area contributed by atoms with Crippen LogP contribution < -0.4 is 10.6 Å². The molecule has 1 rings (SSSR count). The molecule has 1 atom stereocenters. The van der Waals surface area contributed by atoms with Crippen LogP contribution in [0.1, 0.15) is 33.1 Å². The summed E-state index contributed by atoms with van der Waals surface area (Å²) in [5, 5.41) is 6.65. The van der Waals surface area contributed by atoms with Gasteiger partial charge in [-0.2, -0.15) is 0 Å². The Balaban J connectivity index is 0.00000484. The number of hydrogen-bond donors (Lipinski definition) is 2. The van der Waals surface area contributed by atoms with Crippen molar-refractivity contribution in [3.63, 3.8) is 0 Å². The van der Waals surface area contributed by atoms with Crippen LogP contribution in [0.15, 0.2) is 4.99 Å². The van der Waals surface area contributed by atoms with Gasteiger partial charge in [-0.3, -0.25) is 9.89 Å². The number of ether oxygens (including phenoxy) is 2. The number of nitrogens with one attached hydrogen (secondary N) is 2. The van der Waals surface area contributed by atoms with Crippen LogP contribution in [0.25, 0.3) is 0 Å². The van der Waals surface area contributed by atoms with Crippen LogP contribution >= 0.6 is 24.0 Å². The monoisotopic (exact) mass is 442 g/mol. The first kappa shape index (κ1) is 22.9. The van der Waals surface area contributed by atoms with Gasteiger partial charge >= 0.3 is 0 Å². The van der Waals surface area contributed by atoms with Gasteiger partial charge in [0.05, 0.1) is 19.8 Å². The number of hydrogen-bond acceptors (Lipinski definition) is 4. The molecule has 1 saturated carbocycles. The van der Waals surface area contributed by atoms with E-state index in [0.717, 1.165) is 44.7 Å². The number of methoxy groups -OCH3 is 1. The minimum atomic E-state index is 0. The minimum Gasteiger partial charge on any atom is -0.382 e. The molecule has 138 valence electrons. The SMILES string of the molecule is CCNC(=NCC(C)N(C)C1CC1)NCCCOCCOC.I. The molecule has 0 saturated heterocycles. The molecule has 0 aromatic carbocycles. The Hall–Kier alpha value is -0.120. The van der Waals surface area contributed by atoms with Crippen molar-refractivity contribution in [2.75, 3.05) is 53.6 Å². The Morgan fingerprint density at radius 1 is 1.26 bits per heavy atom. The third kappa shape index (κ3) is 11.1. The van der Waals surface area contributed by atoms with Gasteiger partial charge < -0.3 is 20.1 Å². The summed E-state index contributed by atoms with van der Waals surface area (Å²) in [4.78, 5) is 7.12. The predicted octanol–water partition coefficient (Wildman–Crippen LogP) is 1.70. The summed E-state index contributed by atoms with van der Waals surface area (Å²) in [7, 11) is 3.89. The highest BCUT2D eigenvalue weighted by Gasteiger charge is 2.28. The van der Waals surface area contributed by atoms with Gasteiger partial charge in [0.15, 0.2) is 5.96 Å². The summed E-state index contributed by atoms with van der Waals surface area (Å²) in [6, 6.07) is 1.27. The van der Waals surface area contributed by atoms with E-state index in [0.29, 0.717) is 19.3 Å². The van der Waals surface area contributed by atoms with Gasteiger partial charge in [-0.15, -0.1) is 24.0 Å². The maximum absolute atomic E-state index is 5.45. The Labute approximate surface area is 158 Å². The van der Waals surface area contributed by atoms with E-state index in [1.165, 1.54) is 12.8 Å². The lowest BCUT2D eigenvalue weighted by Crippen LogP contribution is -2.40. The summed E-state index contributed by atoms with van der Waals surface area (Å²) in [5.74, 6) is 0.899. The standard InChI is InChI=1S/C16H34N4O2.HI/c1-5-17-16(18-9-6-10-22-12-11-21-4)19-13-14(2)20(3)15-7-8-15;/h14-15H,5-13H2,1-4H3,(H2,17,18,19);1H. The average molecular weight is 442 g/mol. The van der Waals surface area contributed by atoms with Crippen LogP contribution in [-0.2, 0) is 9.47 Å². The highest BCUT2D eigenvalue weighted by molar-refractivity contribution is 14.0. The van der Waals surface area contributed by atoms with E-state index >= 15 is 0 Å². The lowest BCUT2D eigenvalue weighted by molar-refractivity contribution is 0.0698. The number of nitrogens with zero attached hydrogens (tertiary/aromatic N) is 2. The Bertz CT molecular complexity index is 314. The Kier molecular flexibility index (Phi) is 14.2. The van der Waals surface area contributed by atoms with Gasteiger partial charge in [0, 0.05) is 38.9 Å². The number of rotatable bonds is 12. The van der Waals surface area contributed by atoms with Crippen LogP contribution in [-0.4, -0.2) is 76.6 Å². The lowest BCUT2D eigenvalue weighted by Gasteiger charge is -2.23. The molecule has 0 heterocycles. The fourth-order valence-corrected chi connectivity index (χ4v) is 2.16. The van der Waals surface area contributed by atoms with E-state index in [9.17, 15) is 0 Å². The molecule has 23 heavy (non-hydrogen) atoms. The van der Waals surface area contributed by atoms with Gasteiger partial charge in [0.25, 0.3) is 0 Å². The molecule has 0 aromatic heterocycles. The van der Waals surface area contributed by atoms with Crippen LogP contribution in [0.2, 0.25) is 0 Å². The third-order valence-corrected chi connectivity index (χ3v) is 3.87. The predicted molar refractivity (Wildman–Crippen MR) is 107 cm³/mol.